The summed E-state index contributed by atoms with van der Waals surface area (Å²) < 4.78 is 5.18. The third kappa shape index (κ3) is 4.88. The smallest absolute Gasteiger partial charge is 0.290 e. The van der Waals surface area contributed by atoms with Crippen molar-refractivity contribution < 1.29 is 14.4 Å². The first-order valence-electron chi connectivity index (χ1n) is 8.63. The molecule has 2 aromatic rings. The second kappa shape index (κ2) is 8.41. The van der Waals surface area contributed by atoms with E-state index in [4.69, 9.17) is 10.1 Å². The highest BCUT2D eigenvalue weighted by Gasteiger charge is 2.30. The Labute approximate surface area is 156 Å². The maximum Gasteiger partial charge on any atom is 0.290 e. The number of nitrogens with one attached hydrogen (secondary N) is 1. The molecule has 1 fully saturated rings. The van der Waals surface area contributed by atoms with E-state index < -0.39 is 6.10 Å². The van der Waals surface area contributed by atoms with E-state index in [0.717, 1.165) is 24.0 Å². The maximum absolute atomic E-state index is 12.3. The van der Waals surface area contributed by atoms with Gasteiger partial charge in [-0.15, -0.1) is 0 Å². The Balaban J connectivity index is 1.62. The molecule has 1 aliphatic rings. The highest BCUT2D eigenvalue weighted by atomic mass is 16.5. The lowest BCUT2D eigenvalue weighted by Gasteiger charge is -2.34. The number of carbonyl (C=O) groups is 1. The summed E-state index contributed by atoms with van der Waals surface area (Å²) in [6.45, 7) is 2.06. The number of hydrogen-bond acceptors (Lipinski definition) is 5. The van der Waals surface area contributed by atoms with Crippen LogP contribution in [0.2, 0.25) is 0 Å². The van der Waals surface area contributed by atoms with Crippen molar-refractivity contribution in [3.8, 4) is 23.1 Å². The molecule has 1 aromatic carbocycles. The summed E-state index contributed by atoms with van der Waals surface area (Å²) in [5, 5.41) is 19.7. The van der Waals surface area contributed by atoms with E-state index in [1.54, 1.807) is 13.0 Å². The number of carbonyl (C=O) groups excluding carboxylic acids is 1. The number of rotatable bonds is 5. The molecular formula is C19H19N5O3. The topological polar surface area (TPSA) is 124 Å². The van der Waals surface area contributed by atoms with Gasteiger partial charge in [0.25, 0.3) is 5.91 Å². The van der Waals surface area contributed by atoms with Crippen LogP contribution in [0.1, 0.15) is 35.9 Å². The number of nitrogens with zero attached hydrogens (tertiary/aromatic N) is 4. The molecule has 1 heterocycles. The molecule has 0 bridgehead atoms. The minimum Gasteiger partial charge on any atom is -0.381 e. The van der Waals surface area contributed by atoms with Gasteiger partial charge < -0.3 is 14.9 Å². The molecule has 0 saturated heterocycles. The van der Waals surface area contributed by atoms with Crippen molar-refractivity contribution in [2.24, 2.45) is 11.0 Å². The van der Waals surface area contributed by atoms with Gasteiger partial charge in [0.15, 0.2) is 0 Å². The van der Waals surface area contributed by atoms with Gasteiger partial charge in [0.05, 0.1) is 0 Å². The number of benzene rings is 1. The van der Waals surface area contributed by atoms with Crippen LogP contribution in [0.3, 0.4) is 0 Å². The summed E-state index contributed by atoms with van der Waals surface area (Å²) in [5.41, 5.74) is 10.4. The van der Waals surface area contributed by atoms with E-state index >= 15 is 0 Å². The highest BCUT2D eigenvalue weighted by molar-refractivity contribution is 5.92. The third-order valence-electron chi connectivity index (χ3n) is 4.29. The summed E-state index contributed by atoms with van der Waals surface area (Å²) >= 11 is 0. The number of aromatic nitrogens is 1. The molecule has 1 saturated carbocycles. The molecule has 0 radical (unpaired) electrons. The molecule has 0 unspecified atom stereocenters. The lowest BCUT2D eigenvalue weighted by Crippen LogP contribution is -2.45. The van der Waals surface area contributed by atoms with E-state index in [9.17, 15) is 9.90 Å². The maximum atomic E-state index is 12.3. The third-order valence-corrected chi connectivity index (χ3v) is 4.29. The van der Waals surface area contributed by atoms with E-state index in [1.165, 1.54) is 0 Å². The summed E-state index contributed by atoms with van der Waals surface area (Å²) in [4.78, 5) is 15.0. The van der Waals surface area contributed by atoms with Crippen molar-refractivity contribution in [2.75, 3.05) is 6.54 Å². The van der Waals surface area contributed by atoms with Gasteiger partial charge in [-0.25, -0.2) is 0 Å². The van der Waals surface area contributed by atoms with Crippen LogP contribution in [0.25, 0.3) is 21.7 Å². The van der Waals surface area contributed by atoms with Crippen molar-refractivity contribution in [1.82, 2.24) is 10.5 Å². The Hall–Kier alpha value is -3.27. The van der Waals surface area contributed by atoms with Gasteiger partial charge in [0.2, 0.25) is 5.76 Å². The quantitative estimate of drug-likeness (QED) is 0.366. The molecule has 3 rings (SSSR count). The van der Waals surface area contributed by atoms with Crippen molar-refractivity contribution in [2.45, 2.75) is 31.9 Å². The first kappa shape index (κ1) is 18.5. The number of amides is 1. The molecule has 1 aliphatic carbocycles. The van der Waals surface area contributed by atoms with E-state index in [0.29, 0.717) is 18.2 Å². The molecule has 8 heteroatoms. The Morgan fingerprint density at radius 1 is 1.52 bits per heavy atom. The molecule has 2 N–H and O–H groups in total. The van der Waals surface area contributed by atoms with Gasteiger partial charge in [-0.1, -0.05) is 34.2 Å². The van der Waals surface area contributed by atoms with E-state index in [-0.39, 0.29) is 17.7 Å². The minimum atomic E-state index is -0.700. The van der Waals surface area contributed by atoms with Gasteiger partial charge >= 0.3 is 0 Å². The largest absolute Gasteiger partial charge is 0.381 e. The normalized spacial score (nSPS) is 19.0. The zero-order valence-electron chi connectivity index (χ0n) is 14.8. The molecule has 1 amide bonds. The summed E-state index contributed by atoms with van der Waals surface area (Å²) in [6.07, 6.45) is 0.875. The van der Waals surface area contributed by atoms with Crippen LogP contribution >= 0.6 is 0 Å². The van der Waals surface area contributed by atoms with Crippen molar-refractivity contribution in [1.29, 1.82) is 0 Å². The zero-order valence-corrected chi connectivity index (χ0v) is 14.8. The molecule has 8 nitrogen and oxygen atoms in total. The Kier molecular flexibility index (Phi) is 5.77. The predicted octanol–water partition coefficient (Wildman–Crippen LogP) is 2.89. The van der Waals surface area contributed by atoms with Crippen LogP contribution in [-0.4, -0.2) is 34.9 Å². The fourth-order valence-electron chi connectivity index (χ4n) is 2.87. The second-order valence-corrected chi connectivity index (χ2v) is 6.52. The van der Waals surface area contributed by atoms with Crippen molar-refractivity contribution in [3.05, 3.63) is 52.1 Å². The molecular weight excluding hydrogens is 346 g/mol. The number of hydrogen-bond donors (Lipinski definition) is 2. The van der Waals surface area contributed by atoms with Crippen molar-refractivity contribution in [3.63, 3.8) is 0 Å². The van der Waals surface area contributed by atoms with Crippen molar-refractivity contribution >= 4 is 5.91 Å². The van der Waals surface area contributed by atoms with Gasteiger partial charge in [0.1, 0.15) is 11.8 Å². The average Bonchev–Trinajstić information content (AvgIpc) is 3.12. The van der Waals surface area contributed by atoms with E-state index in [2.05, 4.69) is 32.3 Å². The van der Waals surface area contributed by atoms with Crippen LogP contribution in [-0.2, 0) is 0 Å². The van der Waals surface area contributed by atoms with Crippen LogP contribution in [0.4, 0.5) is 0 Å². The lowest BCUT2D eigenvalue weighted by atomic mass is 9.80. The monoisotopic (exact) mass is 365 g/mol. The van der Waals surface area contributed by atoms with Crippen LogP contribution in [0, 0.1) is 17.8 Å². The first-order valence-corrected chi connectivity index (χ1v) is 8.63. The van der Waals surface area contributed by atoms with Gasteiger partial charge in [-0.2, -0.15) is 0 Å². The second-order valence-electron chi connectivity index (χ2n) is 6.52. The predicted molar refractivity (Wildman–Crippen MR) is 98.5 cm³/mol. The summed E-state index contributed by atoms with van der Waals surface area (Å²) in [7, 11) is 0. The Morgan fingerprint density at radius 3 is 3.07 bits per heavy atom. The van der Waals surface area contributed by atoms with Crippen LogP contribution < -0.4 is 5.32 Å². The first-order chi connectivity index (χ1) is 13.0. The van der Waals surface area contributed by atoms with Gasteiger partial charge in [-0.05, 0) is 43.3 Å². The Morgan fingerprint density at radius 2 is 2.33 bits per heavy atom. The summed E-state index contributed by atoms with van der Waals surface area (Å²) in [5.74, 6) is 5.71. The molecule has 1 atom stereocenters. The molecule has 0 spiro atoms. The molecule has 1 aromatic heterocycles. The van der Waals surface area contributed by atoms with Crippen LogP contribution in [0.5, 0.6) is 0 Å². The fraction of sp³-hybridized carbons (Fsp3) is 0.368. The number of azide groups is 1. The number of aliphatic hydroxyl groups is 1. The molecule has 138 valence electrons. The SMILES string of the molecule is C[C@@H](O)C#Cc1cccc(-c2cc(C(=O)N[C@H]3C[C@@H](CN=[N+]=[N-])C3)on2)c1. The van der Waals surface area contributed by atoms with Crippen LogP contribution in [0.15, 0.2) is 40.0 Å². The lowest BCUT2D eigenvalue weighted by molar-refractivity contribution is 0.0855. The fourth-order valence-corrected chi connectivity index (χ4v) is 2.87. The Bertz CT molecular complexity index is 928. The van der Waals surface area contributed by atoms with Gasteiger partial charge in [0, 0.05) is 34.7 Å². The zero-order chi connectivity index (χ0) is 19.2. The molecule has 27 heavy (non-hydrogen) atoms. The van der Waals surface area contributed by atoms with E-state index in [1.807, 2.05) is 24.3 Å². The standard InChI is InChI=1S/C19H19N5O3/c1-12(25)5-6-13-3-2-4-15(7-13)17-10-18(27-23-17)19(26)22-16-8-14(9-16)11-21-24-20/h2-4,7,10,12,14,16,25H,8-9,11H2,1H3,(H,22,26)/t12-,14-,16+/m1/s1. The summed E-state index contributed by atoms with van der Waals surface area (Å²) in [6, 6.07) is 8.97. The minimum absolute atomic E-state index is 0.0593. The highest BCUT2D eigenvalue weighted by Crippen LogP contribution is 2.28. The average molecular weight is 365 g/mol. The molecule has 0 aliphatic heterocycles. The number of aliphatic hydroxyl groups excluding tert-OH is 1. The van der Waals surface area contributed by atoms with Gasteiger partial charge in [-0.3, -0.25) is 4.79 Å².